The Balaban J connectivity index is 1.76. The van der Waals surface area contributed by atoms with Gasteiger partial charge in [0.1, 0.15) is 5.75 Å². The maximum Gasteiger partial charge on any atom is 0.419 e. The number of anilines is 1. The van der Waals surface area contributed by atoms with Gasteiger partial charge in [-0.25, -0.2) is 4.79 Å². The van der Waals surface area contributed by atoms with Crippen molar-refractivity contribution < 1.29 is 14.5 Å². The van der Waals surface area contributed by atoms with Gasteiger partial charge in [0, 0.05) is 18.7 Å². The largest absolute Gasteiger partial charge is 0.419 e. The van der Waals surface area contributed by atoms with E-state index in [-0.39, 0.29) is 5.69 Å². The van der Waals surface area contributed by atoms with Crippen LogP contribution >= 0.6 is 0 Å². The van der Waals surface area contributed by atoms with E-state index < -0.39 is 11.0 Å². The quantitative estimate of drug-likeness (QED) is 0.628. The van der Waals surface area contributed by atoms with Crippen molar-refractivity contribution in [3.63, 3.8) is 0 Å². The van der Waals surface area contributed by atoms with E-state index in [1.54, 1.807) is 4.90 Å². The van der Waals surface area contributed by atoms with E-state index in [0.29, 0.717) is 12.3 Å². The fourth-order valence-corrected chi connectivity index (χ4v) is 2.52. The van der Waals surface area contributed by atoms with Crippen molar-refractivity contribution in [2.24, 2.45) is 0 Å². The number of fused-ring (bicyclic) bond motifs is 1. The highest BCUT2D eigenvalue weighted by atomic mass is 16.6. The lowest BCUT2D eigenvalue weighted by atomic mass is 10.0. The van der Waals surface area contributed by atoms with Crippen LogP contribution in [0.5, 0.6) is 5.75 Å². The summed E-state index contributed by atoms with van der Waals surface area (Å²) in [5.74, 6) is 0.290. The molecule has 3 rings (SSSR count). The summed E-state index contributed by atoms with van der Waals surface area (Å²) in [6, 6.07) is 13.2. The van der Waals surface area contributed by atoms with E-state index in [1.807, 2.05) is 24.3 Å². The molecule has 1 heterocycles. The Morgan fingerprint density at radius 2 is 1.86 bits per heavy atom. The Morgan fingerprint density at radius 1 is 1.14 bits per heavy atom. The summed E-state index contributed by atoms with van der Waals surface area (Å²) in [6.07, 6.45) is 1.35. The van der Waals surface area contributed by atoms with Crippen LogP contribution in [0.3, 0.4) is 0 Å². The fraction of sp³-hybridized carbons (Fsp3) is 0.188. The summed E-state index contributed by atoms with van der Waals surface area (Å²) in [6.45, 7) is 0.600. The van der Waals surface area contributed by atoms with Gasteiger partial charge in [0.25, 0.3) is 5.69 Å². The molecular formula is C16H14N2O4. The molecule has 1 amide bonds. The van der Waals surface area contributed by atoms with Crippen LogP contribution in [-0.4, -0.2) is 17.6 Å². The number of aryl methyl sites for hydroxylation is 1. The second-order valence-electron chi connectivity index (χ2n) is 5.00. The number of carbonyl (C=O) groups is 1. The van der Waals surface area contributed by atoms with Crippen molar-refractivity contribution in [3.05, 3.63) is 64.2 Å². The highest BCUT2D eigenvalue weighted by Gasteiger charge is 2.23. The Labute approximate surface area is 127 Å². The standard InChI is InChI=1S/C16H14N2O4/c19-16(22-14-9-7-13(8-10-14)18(20)21)17-11-3-5-12-4-1-2-6-15(12)17/h1-2,4,6-10H,3,5,11H2. The zero-order valence-corrected chi connectivity index (χ0v) is 11.8. The van der Waals surface area contributed by atoms with Gasteiger partial charge in [-0.05, 0) is 36.6 Å². The predicted octanol–water partition coefficient (Wildman–Crippen LogP) is 3.55. The van der Waals surface area contributed by atoms with Gasteiger partial charge < -0.3 is 4.74 Å². The van der Waals surface area contributed by atoms with E-state index in [0.717, 1.165) is 24.1 Å². The van der Waals surface area contributed by atoms with Crippen molar-refractivity contribution in [1.82, 2.24) is 0 Å². The summed E-state index contributed by atoms with van der Waals surface area (Å²) in [4.78, 5) is 24.0. The number of nitrogens with zero attached hydrogens (tertiary/aromatic N) is 2. The lowest BCUT2D eigenvalue weighted by molar-refractivity contribution is -0.384. The molecule has 0 fully saturated rings. The van der Waals surface area contributed by atoms with Crippen LogP contribution in [0.25, 0.3) is 0 Å². The lowest BCUT2D eigenvalue weighted by Crippen LogP contribution is -2.37. The maximum atomic E-state index is 12.3. The Kier molecular flexibility index (Phi) is 3.74. The number of rotatable bonds is 2. The smallest absolute Gasteiger partial charge is 0.410 e. The second kappa shape index (κ2) is 5.85. The molecule has 0 aromatic heterocycles. The molecule has 0 spiro atoms. The minimum absolute atomic E-state index is 0.0388. The molecule has 6 heteroatoms. The minimum atomic E-state index is -0.494. The molecule has 1 aliphatic heterocycles. The first-order chi connectivity index (χ1) is 10.6. The lowest BCUT2D eigenvalue weighted by Gasteiger charge is -2.28. The Hall–Kier alpha value is -2.89. The SMILES string of the molecule is O=C(Oc1ccc([N+](=O)[O-])cc1)N1CCCc2ccccc21. The summed E-state index contributed by atoms with van der Waals surface area (Å²) in [5, 5.41) is 10.6. The van der Waals surface area contributed by atoms with Crippen molar-refractivity contribution >= 4 is 17.5 Å². The van der Waals surface area contributed by atoms with Gasteiger partial charge in [-0.3, -0.25) is 15.0 Å². The number of non-ortho nitro benzene ring substituents is 1. The van der Waals surface area contributed by atoms with Crippen LogP contribution in [0, 0.1) is 10.1 Å². The topological polar surface area (TPSA) is 72.7 Å². The predicted molar refractivity (Wildman–Crippen MR) is 81.2 cm³/mol. The molecule has 0 saturated heterocycles. The van der Waals surface area contributed by atoms with E-state index in [9.17, 15) is 14.9 Å². The molecule has 0 radical (unpaired) electrons. The Bertz CT molecular complexity index is 712. The third kappa shape index (κ3) is 2.76. The third-order valence-electron chi connectivity index (χ3n) is 3.58. The van der Waals surface area contributed by atoms with Crippen molar-refractivity contribution in [2.45, 2.75) is 12.8 Å². The zero-order chi connectivity index (χ0) is 15.5. The average molecular weight is 298 g/mol. The number of ether oxygens (including phenoxy) is 1. The number of nitro groups is 1. The van der Waals surface area contributed by atoms with Crippen LogP contribution in [-0.2, 0) is 6.42 Å². The summed E-state index contributed by atoms with van der Waals surface area (Å²) in [5.41, 5.74) is 1.94. The summed E-state index contributed by atoms with van der Waals surface area (Å²) in [7, 11) is 0. The molecule has 0 saturated carbocycles. The first-order valence-electron chi connectivity index (χ1n) is 6.97. The second-order valence-corrected chi connectivity index (χ2v) is 5.00. The molecule has 0 atom stereocenters. The molecular weight excluding hydrogens is 284 g/mol. The van der Waals surface area contributed by atoms with E-state index in [1.165, 1.54) is 24.3 Å². The minimum Gasteiger partial charge on any atom is -0.410 e. The molecule has 2 aromatic carbocycles. The number of hydrogen-bond acceptors (Lipinski definition) is 4. The number of benzene rings is 2. The van der Waals surface area contributed by atoms with Gasteiger partial charge in [-0.2, -0.15) is 0 Å². The maximum absolute atomic E-state index is 12.3. The van der Waals surface area contributed by atoms with Crippen molar-refractivity contribution in [3.8, 4) is 5.75 Å². The van der Waals surface area contributed by atoms with Crippen molar-refractivity contribution in [2.75, 3.05) is 11.4 Å². The van der Waals surface area contributed by atoms with Gasteiger partial charge in [-0.15, -0.1) is 0 Å². The highest BCUT2D eigenvalue weighted by Crippen LogP contribution is 2.28. The normalized spacial score (nSPS) is 13.4. The van der Waals surface area contributed by atoms with Gasteiger partial charge >= 0.3 is 6.09 Å². The van der Waals surface area contributed by atoms with Gasteiger partial charge in [0.05, 0.1) is 10.6 Å². The van der Waals surface area contributed by atoms with Gasteiger partial charge in [0.15, 0.2) is 0 Å². The fourth-order valence-electron chi connectivity index (χ4n) is 2.52. The van der Waals surface area contributed by atoms with E-state index >= 15 is 0 Å². The number of para-hydroxylation sites is 1. The number of hydrogen-bond donors (Lipinski definition) is 0. The van der Waals surface area contributed by atoms with Crippen LogP contribution < -0.4 is 9.64 Å². The monoisotopic (exact) mass is 298 g/mol. The first kappa shape index (κ1) is 14.1. The molecule has 22 heavy (non-hydrogen) atoms. The molecule has 2 aromatic rings. The van der Waals surface area contributed by atoms with Crippen LogP contribution in [0.1, 0.15) is 12.0 Å². The molecule has 112 valence electrons. The molecule has 0 aliphatic carbocycles. The molecule has 0 bridgehead atoms. The molecule has 1 aliphatic rings. The Morgan fingerprint density at radius 3 is 2.59 bits per heavy atom. The number of amides is 1. The zero-order valence-electron chi connectivity index (χ0n) is 11.8. The van der Waals surface area contributed by atoms with Gasteiger partial charge in [-0.1, -0.05) is 18.2 Å². The molecule has 0 unspecified atom stereocenters. The third-order valence-corrected chi connectivity index (χ3v) is 3.58. The average Bonchev–Trinajstić information content (AvgIpc) is 2.54. The van der Waals surface area contributed by atoms with Crippen molar-refractivity contribution in [1.29, 1.82) is 0 Å². The van der Waals surface area contributed by atoms with Crippen LogP contribution in [0.15, 0.2) is 48.5 Å². The summed E-state index contributed by atoms with van der Waals surface area (Å²) < 4.78 is 5.31. The van der Waals surface area contributed by atoms with E-state index in [4.69, 9.17) is 4.74 Å². The summed E-state index contributed by atoms with van der Waals surface area (Å²) >= 11 is 0. The molecule has 6 nitrogen and oxygen atoms in total. The first-order valence-corrected chi connectivity index (χ1v) is 6.97. The van der Waals surface area contributed by atoms with Gasteiger partial charge in [0.2, 0.25) is 0 Å². The van der Waals surface area contributed by atoms with Crippen LogP contribution in [0.4, 0.5) is 16.2 Å². The molecule has 0 N–H and O–H groups in total. The highest BCUT2D eigenvalue weighted by molar-refractivity contribution is 5.90. The van der Waals surface area contributed by atoms with E-state index in [2.05, 4.69) is 0 Å². The van der Waals surface area contributed by atoms with Crippen LogP contribution in [0.2, 0.25) is 0 Å². The number of nitro benzene ring substituents is 1. The number of carbonyl (C=O) groups excluding carboxylic acids is 1.